The highest BCUT2D eigenvalue weighted by atomic mass is 16.5. The summed E-state index contributed by atoms with van der Waals surface area (Å²) in [5, 5.41) is 11.0. The smallest absolute Gasteiger partial charge is 0.139 e. The zero-order valence-corrected chi connectivity index (χ0v) is 17.2. The normalized spacial score (nSPS) is 53.5. The van der Waals surface area contributed by atoms with Gasteiger partial charge in [-0.2, -0.15) is 0 Å². The molecule has 0 aromatic carbocycles. The third-order valence-electron chi connectivity index (χ3n) is 9.91. The molecule has 27 heavy (non-hydrogen) atoms. The van der Waals surface area contributed by atoms with Gasteiger partial charge in [-0.1, -0.05) is 13.8 Å². The number of rotatable bonds is 1. The molecule has 5 fully saturated rings. The molecule has 0 radical (unpaired) electrons. The summed E-state index contributed by atoms with van der Waals surface area (Å²) < 4.78 is 5.56. The Morgan fingerprint density at radius 1 is 1.07 bits per heavy atom. The van der Waals surface area contributed by atoms with Gasteiger partial charge in [-0.25, -0.2) is 0 Å². The van der Waals surface area contributed by atoms with Gasteiger partial charge in [0.05, 0.1) is 19.3 Å². The average Bonchev–Trinajstić information content (AvgIpc) is 2.97. The van der Waals surface area contributed by atoms with Gasteiger partial charge in [0.15, 0.2) is 0 Å². The molecule has 0 aromatic rings. The van der Waals surface area contributed by atoms with Gasteiger partial charge in [0, 0.05) is 31.0 Å². The van der Waals surface area contributed by atoms with Crippen molar-refractivity contribution in [2.45, 2.75) is 77.4 Å². The Bertz CT molecular complexity index is 602. The Balaban J connectivity index is 1.41. The van der Waals surface area contributed by atoms with Crippen molar-refractivity contribution < 1.29 is 14.6 Å². The van der Waals surface area contributed by atoms with Gasteiger partial charge in [-0.3, -0.25) is 9.69 Å². The van der Waals surface area contributed by atoms with E-state index >= 15 is 0 Å². The van der Waals surface area contributed by atoms with Crippen LogP contribution in [0.4, 0.5) is 0 Å². The van der Waals surface area contributed by atoms with Crippen molar-refractivity contribution in [1.82, 2.24) is 4.90 Å². The molecule has 0 spiro atoms. The van der Waals surface area contributed by atoms with E-state index in [0.717, 1.165) is 70.2 Å². The number of hydrogen-bond acceptors (Lipinski definition) is 4. The Morgan fingerprint density at radius 3 is 2.63 bits per heavy atom. The molecule has 4 heteroatoms. The zero-order valence-electron chi connectivity index (χ0n) is 17.2. The topological polar surface area (TPSA) is 49.8 Å². The first kappa shape index (κ1) is 18.6. The molecule has 0 aromatic heterocycles. The molecule has 152 valence electrons. The molecule has 0 bridgehead atoms. The fourth-order valence-electron chi connectivity index (χ4n) is 8.33. The summed E-state index contributed by atoms with van der Waals surface area (Å²) in [6.45, 7) is 8.36. The summed E-state index contributed by atoms with van der Waals surface area (Å²) in [5.74, 6) is 3.31. The standard InChI is InChI=1S/C23H37NO3/c1-22-8-7-18-16(17(22)5-6-21(22)26)4-3-15-13-20(25)19(14-23(15,18)2)24-9-11-27-12-10-24/h15-20,25H,3-14H2,1-2H3/t15-,16-,17-,18-,19-,20-,22-,23-/m0/s1. The molecule has 0 amide bonds. The number of nitrogens with zero attached hydrogens (tertiary/aromatic N) is 1. The molecular formula is C23H37NO3. The highest BCUT2D eigenvalue weighted by Gasteiger charge is 2.61. The van der Waals surface area contributed by atoms with Crippen LogP contribution >= 0.6 is 0 Å². The molecule has 5 aliphatic rings. The number of carbonyl (C=O) groups excluding carboxylic acids is 1. The third kappa shape index (κ3) is 2.69. The average molecular weight is 376 g/mol. The first-order valence-corrected chi connectivity index (χ1v) is 11.5. The summed E-state index contributed by atoms with van der Waals surface area (Å²) in [6, 6.07) is 0.299. The molecule has 4 nitrogen and oxygen atoms in total. The number of carbonyl (C=O) groups is 1. The summed E-state index contributed by atoms with van der Waals surface area (Å²) in [5.41, 5.74) is 0.306. The highest BCUT2D eigenvalue weighted by molar-refractivity contribution is 5.87. The minimum Gasteiger partial charge on any atom is -0.391 e. The van der Waals surface area contributed by atoms with Crippen LogP contribution in [0.2, 0.25) is 0 Å². The molecular weight excluding hydrogens is 338 g/mol. The van der Waals surface area contributed by atoms with Crippen molar-refractivity contribution in [3.05, 3.63) is 0 Å². The summed E-state index contributed by atoms with van der Waals surface area (Å²) >= 11 is 0. The van der Waals surface area contributed by atoms with Crippen molar-refractivity contribution in [2.75, 3.05) is 26.3 Å². The van der Waals surface area contributed by atoms with Gasteiger partial charge >= 0.3 is 0 Å². The maximum atomic E-state index is 12.6. The largest absolute Gasteiger partial charge is 0.391 e. The van der Waals surface area contributed by atoms with Crippen molar-refractivity contribution in [2.24, 2.45) is 34.5 Å². The summed E-state index contributed by atoms with van der Waals surface area (Å²) in [6.07, 6.45) is 8.75. The SMILES string of the molecule is C[C@]12C[C@H](N3CCOCC3)[C@@H](O)C[C@@H]1CC[C@@H]1[C@@H]2CC[C@]2(C)C(=O)CC[C@@H]12. The van der Waals surface area contributed by atoms with Crippen LogP contribution in [0.25, 0.3) is 0 Å². The van der Waals surface area contributed by atoms with E-state index in [2.05, 4.69) is 18.7 Å². The van der Waals surface area contributed by atoms with Crippen LogP contribution in [0, 0.1) is 34.5 Å². The summed E-state index contributed by atoms with van der Waals surface area (Å²) in [7, 11) is 0. The first-order chi connectivity index (χ1) is 12.9. The van der Waals surface area contributed by atoms with Gasteiger partial charge in [-0.05, 0) is 74.0 Å². The minimum absolute atomic E-state index is 0.0256. The van der Waals surface area contributed by atoms with Crippen LogP contribution in [0.5, 0.6) is 0 Å². The molecule has 1 saturated heterocycles. The van der Waals surface area contributed by atoms with E-state index in [1.165, 1.54) is 19.3 Å². The lowest BCUT2D eigenvalue weighted by atomic mass is 9.44. The number of ketones is 1. The second-order valence-electron chi connectivity index (χ2n) is 10.8. The number of aliphatic hydroxyl groups excluding tert-OH is 1. The molecule has 5 rings (SSSR count). The minimum atomic E-state index is -0.181. The molecule has 1 heterocycles. The van der Waals surface area contributed by atoms with Crippen LogP contribution in [0.3, 0.4) is 0 Å². The van der Waals surface area contributed by atoms with E-state index in [1.54, 1.807) is 0 Å². The van der Waals surface area contributed by atoms with Crippen molar-refractivity contribution >= 4 is 5.78 Å². The van der Waals surface area contributed by atoms with Crippen LogP contribution < -0.4 is 0 Å². The molecule has 1 N–H and O–H groups in total. The Labute approximate surface area is 164 Å². The van der Waals surface area contributed by atoms with E-state index < -0.39 is 0 Å². The quantitative estimate of drug-likeness (QED) is 0.764. The Hall–Kier alpha value is -0.450. The maximum absolute atomic E-state index is 12.6. The molecule has 0 unspecified atom stereocenters. The van der Waals surface area contributed by atoms with Crippen LogP contribution in [-0.2, 0) is 9.53 Å². The predicted molar refractivity (Wildman–Crippen MR) is 104 cm³/mol. The van der Waals surface area contributed by atoms with E-state index in [4.69, 9.17) is 4.74 Å². The van der Waals surface area contributed by atoms with E-state index in [1.807, 2.05) is 0 Å². The number of aliphatic hydroxyl groups is 1. The van der Waals surface area contributed by atoms with Gasteiger partial charge in [0.25, 0.3) is 0 Å². The lowest BCUT2D eigenvalue weighted by molar-refractivity contribution is -0.156. The summed E-state index contributed by atoms with van der Waals surface area (Å²) in [4.78, 5) is 15.1. The molecule has 4 saturated carbocycles. The second-order valence-corrected chi connectivity index (χ2v) is 10.8. The molecule has 8 atom stereocenters. The second kappa shape index (κ2) is 6.53. The lowest BCUT2D eigenvalue weighted by Gasteiger charge is -2.62. The van der Waals surface area contributed by atoms with Crippen LogP contribution in [-0.4, -0.2) is 54.2 Å². The zero-order chi connectivity index (χ0) is 18.8. The number of Topliss-reactive ketones (excluding diaryl/α,β-unsaturated/α-hetero) is 1. The maximum Gasteiger partial charge on any atom is 0.139 e. The predicted octanol–water partition coefficient (Wildman–Crippen LogP) is 3.27. The number of morpholine rings is 1. The van der Waals surface area contributed by atoms with Crippen molar-refractivity contribution in [3.63, 3.8) is 0 Å². The van der Waals surface area contributed by atoms with Crippen molar-refractivity contribution in [1.29, 1.82) is 0 Å². The van der Waals surface area contributed by atoms with Crippen molar-refractivity contribution in [3.8, 4) is 0 Å². The van der Waals surface area contributed by atoms with E-state index in [0.29, 0.717) is 29.1 Å². The van der Waals surface area contributed by atoms with Gasteiger partial charge in [0.1, 0.15) is 5.78 Å². The van der Waals surface area contributed by atoms with E-state index in [9.17, 15) is 9.90 Å². The first-order valence-electron chi connectivity index (χ1n) is 11.5. The fourth-order valence-corrected chi connectivity index (χ4v) is 8.33. The lowest BCUT2D eigenvalue weighted by Crippen LogP contribution is -2.60. The fraction of sp³-hybridized carbons (Fsp3) is 0.957. The molecule has 1 aliphatic heterocycles. The number of fused-ring (bicyclic) bond motifs is 5. The van der Waals surface area contributed by atoms with Gasteiger partial charge in [-0.15, -0.1) is 0 Å². The van der Waals surface area contributed by atoms with Crippen LogP contribution in [0.15, 0.2) is 0 Å². The monoisotopic (exact) mass is 375 g/mol. The number of hydrogen-bond donors (Lipinski definition) is 1. The highest BCUT2D eigenvalue weighted by Crippen LogP contribution is 2.65. The Morgan fingerprint density at radius 2 is 1.85 bits per heavy atom. The van der Waals surface area contributed by atoms with E-state index in [-0.39, 0.29) is 11.5 Å². The van der Waals surface area contributed by atoms with Gasteiger partial charge in [0.2, 0.25) is 0 Å². The Kier molecular flexibility index (Phi) is 4.49. The molecule has 4 aliphatic carbocycles. The van der Waals surface area contributed by atoms with Crippen LogP contribution in [0.1, 0.15) is 65.2 Å². The van der Waals surface area contributed by atoms with Gasteiger partial charge < -0.3 is 9.84 Å². The third-order valence-corrected chi connectivity index (χ3v) is 9.91. The number of ether oxygens (including phenoxy) is 1.